The smallest absolute Gasteiger partial charge is 0.308 e. The molecule has 0 spiro atoms. The molecule has 0 aliphatic carbocycles. The van der Waals surface area contributed by atoms with Crippen LogP contribution in [0.15, 0.2) is 119 Å². The number of thioether (sulfide) groups is 1. The van der Waals surface area contributed by atoms with E-state index in [2.05, 4.69) is 52.0 Å². The van der Waals surface area contributed by atoms with E-state index in [-0.39, 0.29) is 11.9 Å². The van der Waals surface area contributed by atoms with Gasteiger partial charge in [0.25, 0.3) is 5.01 Å². The third-order valence-corrected chi connectivity index (χ3v) is 9.12. The molecule has 2 heterocycles. The van der Waals surface area contributed by atoms with Crippen LogP contribution in [0.2, 0.25) is 0 Å². The van der Waals surface area contributed by atoms with Crippen molar-refractivity contribution < 1.29 is 23.6 Å². The second-order valence-electron chi connectivity index (χ2n) is 9.92. The molecule has 0 radical (unpaired) electrons. The summed E-state index contributed by atoms with van der Waals surface area (Å²) in [4.78, 5) is 26.9. The van der Waals surface area contributed by atoms with Crippen molar-refractivity contribution in [3.05, 3.63) is 130 Å². The largest absolute Gasteiger partial charge is 0.426 e. The zero-order chi connectivity index (χ0) is 29.8. The van der Waals surface area contributed by atoms with E-state index in [1.54, 1.807) is 23.1 Å². The van der Waals surface area contributed by atoms with Crippen LogP contribution >= 0.6 is 23.1 Å². The third-order valence-electron chi connectivity index (χ3n) is 6.86. The maximum Gasteiger partial charge on any atom is 0.308 e. The third kappa shape index (κ3) is 6.40. The number of carbonyl (C=O) groups is 2. The Morgan fingerprint density at radius 1 is 0.791 bits per heavy atom. The van der Waals surface area contributed by atoms with Crippen LogP contribution in [0.5, 0.6) is 11.5 Å². The Balaban J connectivity index is 1.34. The SMILES string of the molecule is CC(=O)Oc1ccccc1CN1C(=CC=Cc2sc3ccccc3[n+]2Cc2ccccc2OC(C)=O)Sc2ccccc21. The second-order valence-corrected chi connectivity index (χ2v) is 12.0. The molecule has 0 saturated heterocycles. The lowest BCUT2D eigenvalue weighted by Gasteiger charge is -2.21. The quantitative estimate of drug-likeness (QED) is 0.102. The van der Waals surface area contributed by atoms with Crippen molar-refractivity contribution in [1.29, 1.82) is 0 Å². The molecule has 0 atom stereocenters. The van der Waals surface area contributed by atoms with Crippen LogP contribution in [0.4, 0.5) is 5.69 Å². The first-order valence-electron chi connectivity index (χ1n) is 13.8. The standard InChI is InChI=1S/C35H29N2O4S2/c1-24(38)40-30-16-7-3-12-26(30)22-36-28-14-5-9-18-32(28)42-34(36)20-11-21-35-37(29-15-6-10-19-33(29)43-35)23-27-13-4-8-17-31(27)41-25(2)39/h3-21H,22-23H2,1-2H3/q+1. The highest BCUT2D eigenvalue weighted by Gasteiger charge is 2.26. The van der Waals surface area contributed by atoms with E-state index in [1.165, 1.54) is 23.4 Å². The van der Waals surface area contributed by atoms with Gasteiger partial charge in [0.2, 0.25) is 5.52 Å². The van der Waals surface area contributed by atoms with Crippen LogP contribution in [0.25, 0.3) is 16.3 Å². The molecule has 6 nitrogen and oxygen atoms in total. The Morgan fingerprint density at radius 2 is 1.42 bits per heavy atom. The predicted octanol–water partition coefficient (Wildman–Crippen LogP) is 7.75. The summed E-state index contributed by atoms with van der Waals surface area (Å²) in [6.45, 7) is 3.96. The van der Waals surface area contributed by atoms with Gasteiger partial charge in [-0.2, -0.15) is 4.57 Å². The van der Waals surface area contributed by atoms with E-state index in [0.717, 1.165) is 32.4 Å². The van der Waals surface area contributed by atoms with Crippen LogP contribution in [0.1, 0.15) is 30.0 Å². The number of hydrogen-bond donors (Lipinski definition) is 0. The first kappa shape index (κ1) is 28.5. The molecule has 0 unspecified atom stereocenters. The fraction of sp³-hybridized carbons (Fsp3) is 0.114. The fourth-order valence-electron chi connectivity index (χ4n) is 5.01. The Kier molecular flexibility index (Phi) is 8.40. The molecule has 1 aliphatic rings. The van der Waals surface area contributed by atoms with Crippen molar-refractivity contribution in [2.75, 3.05) is 4.90 Å². The van der Waals surface area contributed by atoms with Gasteiger partial charge in [-0.05, 0) is 42.5 Å². The maximum absolute atomic E-state index is 11.7. The summed E-state index contributed by atoms with van der Waals surface area (Å²) in [5.41, 5.74) is 4.09. The molecule has 1 aliphatic heterocycles. The molecule has 0 bridgehead atoms. The number of fused-ring (bicyclic) bond motifs is 2. The first-order chi connectivity index (χ1) is 21.0. The molecule has 0 fully saturated rings. The predicted molar refractivity (Wildman–Crippen MR) is 172 cm³/mol. The zero-order valence-electron chi connectivity index (χ0n) is 23.7. The minimum atomic E-state index is -0.338. The van der Waals surface area contributed by atoms with Crippen molar-refractivity contribution in [3.8, 4) is 11.5 Å². The minimum absolute atomic E-state index is 0.338. The Morgan fingerprint density at radius 3 is 2.19 bits per heavy atom. The van der Waals surface area contributed by atoms with Gasteiger partial charge < -0.3 is 14.4 Å². The number of rotatable bonds is 8. The van der Waals surface area contributed by atoms with Crippen molar-refractivity contribution >= 4 is 57.0 Å². The summed E-state index contributed by atoms with van der Waals surface area (Å²) in [6.07, 6.45) is 6.33. The van der Waals surface area contributed by atoms with Gasteiger partial charge >= 0.3 is 11.9 Å². The molecular weight excluding hydrogens is 577 g/mol. The van der Waals surface area contributed by atoms with Gasteiger partial charge in [0.05, 0.1) is 22.8 Å². The monoisotopic (exact) mass is 605 g/mol. The summed E-state index contributed by atoms with van der Waals surface area (Å²) in [7, 11) is 0. The molecule has 43 heavy (non-hydrogen) atoms. The van der Waals surface area contributed by atoms with E-state index >= 15 is 0 Å². The lowest BCUT2D eigenvalue weighted by atomic mass is 10.1. The number of aromatic nitrogens is 1. The molecule has 6 rings (SSSR count). The van der Waals surface area contributed by atoms with Gasteiger partial charge in [-0.3, -0.25) is 9.59 Å². The Labute approximate surface area is 258 Å². The van der Waals surface area contributed by atoms with Gasteiger partial charge in [-0.25, -0.2) is 0 Å². The van der Waals surface area contributed by atoms with E-state index < -0.39 is 0 Å². The normalized spacial score (nSPS) is 13.5. The van der Waals surface area contributed by atoms with Crippen molar-refractivity contribution in [2.45, 2.75) is 31.8 Å². The lowest BCUT2D eigenvalue weighted by Crippen LogP contribution is -2.35. The molecule has 8 heteroatoms. The van der Waals surface area contributed by atoms with E-state index in [9.17, 15) is 9.59 Å². The van der Waals surface area contributed by atoms with Crippen LogP contribution in [-0.2, 0) is 22.7 Å². The molecule has 5 aromatic rings. The number of esters is 2. The number of anilines is 1. The first-order valence-corrected chi connectivity index (χ1v) is 15.5. The summed E-state index contributed by atoms with van der Waals surface area (Å²) in [5.74, 6) is 0.461. The second kappa shape index (κ2) is 12.7. The molecule has 0 amide bonds. The topological polar surface area (TPSA) is 59.7 Å². The molecule has 4 aromatic carbocycles. The number of carbonyl (C=O) groups excluding carboxylic acids is 2. The van der Waals surface area contributed by atoms with Gasteiger partial charge in [0, 0.05) is 36.4 Å². The van der Waals surface area contributed by atoms with Crippen LogP contribution in [-0.4, -0.2) is 11.9 Å². The van der Waals surface area contributed by atoms with Crippen LogP contribution in [0.3, 0.4) is 0 Å². The molecule has 214 valence electrons. The lowest BCUT2D eigenvalue weighted by molar-refractivity contribution is -0.659. The van der Waals surface area contributed by atoms with Crippen molar-refractivity contribution in [3.63, 3.8) is 0 Å². The average molecular weight is 606 g/mol. The zero-order valence-corrected chi connectivity index (χ0v) is 25.4. The van der Waals surface area contributed by atoms with Gasteiger partial charge in [0.15, 0.2) is 6.54 Å². The Bertz CT molecular complexity index is 1890. The highest BCUT2D eigenvalue weighted by Crippen LogP contribution is 2.47. The van der Waals surface area contributed by atoms with Gasteiger partial charge in [-0.1, -0.05) is 83.8 Å². The highest BCUT2D eigenvalue weighted by atomic mass is 32.2. The maximum atomic E-state index is 11.7. The van der Waals surface area contributed by atoms with E-state index in [1.807, 2.05) is 72.8 Å². The van der Waals surface area contributed by atoms with Gasteiger partial charge in [0.1, 0.15) is 16.2 Å². The number of benzene rings is 4. The highest BCUT2D eigenvalue weighted by molar-refractivity contribution is 8.03. The number of thiazole rings is 1. The average Bonchev–Trinajstić information content (AvgIpc) is 3.52. The summed E-state index contributed by atoms with van der Waals surface area (Å²) in [6, 6.07) is 31.9. The molecule has 0 N–H and O–H groups in total. The van der Waals surface area contributed by atoms with Crippen molar-refractivity contribution in [1.82, 2.24) is 0 Å². The van der Waals surface area contributed by atoms with Crippen LogP contribution < -0.4 is 18.9 Å². The minimum Gasteiger partial charge on any atom is -0.426 e. The Hall–Kier alpha value is -4.66. The van der Waals surface area contributed by atoms with Crippen molar-refractivity contribution in [2.24, 2.45) is 0 Å². The number of hydrogen-bond acceptors (Lipinski definition) is 7. The fourth-order valence-corrected chi connectivity index (χ4v) is 7.16. The summed E-state index contributed by atoms with van der Waals surface area (Å²) < 4.78 is 14.4. The van der Waals surface area contributed by atoms with E-state index in [0.29, 0.717) is 24.6 Å². The number of ether oxygens (including phenoxy) is 2. The number of nitrogens with zero attached hydrogens (tertiary/aromatic N) is 2. The van der Waals surface area contributed by atoms with Crippen LogP contribution in [0, 0.1) is 0 Å². The molecular formula is C35H29N2O4S2+. The van der Waals surface area contributed by atoms with E-state index in [4.69, 9.17) is 9.47 Å². The summed E-state index contributed by atoms with van der Waals surface area (Å²) >= 11 is 3.43. The van der Waals surface area contributed by atoms with Gasteiger partial charge in [-0.15, -0.1) is 0 Å². The number of allylic oxidation sites excluding steroid dienone is 2. The number of para-hydroxylation sites is 4. The summed E-state index contributed by atoms with van der Waals surface area (Å²) in [5, 5.41) is 2.14. The molecule has 1 aromatic heterocycles. The molecule has 0 saturated carbocycles.